The molecule has 0 amide bonds. The first kappa shape index (κ1) is 15.7. The number of ether oxygens (including phenoxy) is 2. The molecule has 0 saturated heterocycles. The van der Waals surface area contributed by atoms with Crippen molar-refractivity contribution in [2.75, 3.05) is 7.11 Å². The van der Waals surface area contributed by atoms with Gasteiger partial charge in [0.1, 0.15) is 11.5 Å². The van der Waals surface area contributed by atoms with E-state index in [-0.39, 0.29) is 11.5 Å². The molecule has 0 N–H and O–H groups in total. The Morgan fingerprint density at radius 1 is 1.09 bits per heavy atom. The third-order valence-electron chi connectivity index (χ3n) is 2.92. The van der Waals surface area contributed by atoms with Gasteiger partial charge in [-0.1, -0.05) is 18.2 Å². The smallest absolute Gasteiger partial charge is 0.387 e. The molecule has 0 atom stereocenters. The molecular formula is C17H14F2O3. The Balaban J connectivity index is 2.15. The lowest BCUT2D eigenvalue weighted by molar-refractivity contribution is -0.0499. The molecule has 22 heavy (non-hydrogen) atoms. The minimum absolute atomic E-state index is 0.0243. The van der Waals surface area contributed by atoms with Gasteiger partial charge in [-0.2, -0.15) is 8.78 Å². The minimum Gasteiger partial charge on any atom is -0.497 e. The number of para-hydroxylation sites is 1. The molecule has 0 spiro atoms. The van der Waals surface area contributed by atoms with Crippen molar-refractivity contribution in [3.63, 3.8) is 0 Å². The van der Waals surface area contributed by atoms with E-state index in [2.05, 4.69) is 4.74 Å². The highest BCUT2D eigenvalue weighted by atomic mass is 19.3. The summed E-state index contributed by atoms with van der Waals surface area (Å²) in [6.07, 6.45) is 2.76. The van der Waals surface area contributed by atoms with Gasteiger partial charge in [0.15, 0.2) is 5.78 Å². The number of halogens is 2. The van der Waals surface area contributed by atoms with Crippen LogP contribution in [-0.2, 0) is 0 Å². The number of methoxy groups -OCH3 is 1. The predicted molar refractivity (Wildman–Crippen MR) is 79.4 cm³/mol. The fraction of sp³-hybridized carbons (Fsp3) is 0.118. The number of allylic oxidation sites excluding steroid dienone is 1. The van der Waals surface area contributed by atoms with Crippen molar-refractivity contribution in [3.8, 4) is 11.5 Å². The van der Waals surface area contributed by atoms with E-state index in [0.29, 0.717) is 16.9 Å². The van der Waals surface area contributed by atoms with Gasteiger partial charge in [-0.3, -0.25) is 4.79 Å². The minimum atomic E-state index is -2.91. The van der Waals surface area contributed by atoms with E-state index in [0.717, 1.165) is 0 Å². The maximum absolute atomic E-state index is 12.3. The van der Waals surface area contributed by atoms with Crippen molar-refractivity contribution in [1.29, 1.82) is 0 Å². The van der Waals surface area contributed by atoms with E-state index < -0.39 is 6.61 Å². The lowest BCUT2D eigenvalue weighted by Gasteiger charge is -2.07. The molecule has 0 heterocycles. The van der Waals surface area contributed by atoms with E-state index >= 15 is 0 Å². The fourth-order valence-electron chi connectivity index (χ4n) is 1.84. The Kier molecular flexibility index (Phi) is 5.25. The van der Waals surface area contributed by atoms with Crippen LogP contribution in [-0.4, -0.2) is 19.5 Å². The molecule has 2 aromatic carbocycles. The van der Waals surface area contributed by atoms with E-state index in [1.165, 1.54) is 25.3 Å². The van der Waals surface area contributed by atoms with Gasteiger partial charge < -0.3 is 9.47 Å². The van der Waals surface area contributed by atoms with Gasteiger partial charge in [0.05, 0.1) is 7.11 Å². The average molecular weight is 304 g/mol. The van der Waals surface area contributed by atoms with E-state index in [1.807, 2.05) is 0 Å². The summed E-state index contributed by atoms with van der Waals surface area (Å²) in [5, 5.41) is 0. The van der Waals surface area contributed by atoms with Gasteiger partial charge in [0.2, 0.25) is 0 Å². The summed E-state index contributed by atoms with van der Waals surface area (Å²) in [6.45, 7) is -2.91. The molecule has 2 aromatic rings. The molecule has 5 heteroatoms. The van der Waals surface area contributed by atoms with Crippen molar-refractivity contribution in [2.24, 2.45) is 0 Å². The Morgan fingerprint density at radius 3 is 2.41 bits per heavy atom. The highest BCUT2D eigenvalue weighted by Crippen LogP contribution is 2.22. The van der Waals surface area contributed by atoms with Crippen LogP contribution in [0.5, 0.6) is 11.5 Å². The first-order chi connectivity index (χ1) is 10.6. The quantitative estimate of drug-likeness (QED) is 0.593. The van der Waals surface area contributed by atoms with E-state index in [1.54, 1.807) is 42.5 Å². The SMILES string of the molecule is COc1ccc(C(=O)C=Cc2ccccc2OC(F)F)cc1. The maximum Gasteiger partial charge on any atom is 0.387 e. The summed E-state index contributed by atoms with van der Waals surface area (Å²) >= 11 is 0. The summed E-state index contributed by atoms with van der Waals surface area (Å²) in [6, 6.07) is 12.9. The van der Waals surface area contributed by atoms with Gasteiger partial charge in [0, 0.05) is 11.1 Å². The number of ketones is 1. The van der Waals surface area contributed by atoms with Crippen molar-refractivity contribution in [1.82, 2.24) is 0 Å². The highest BCUT2D eigenvalue weighted by Gasteiger charge is 2.08. The third-order valence-corrected chi connectivity index (χ3v) is 2.92. The fourth-order valence-corrected chi connectivity index (χ4v) is 1.84. The van der Waals surface area contributed by atoms with Crippen molar-refractivity contribution >= 4 is 11.9 Å². The monoisotopic (exact) mass is 304 g/mol. The zero-order valence-electron chi connectivity index (χ0n) is 11.8. The summed E-state index contributed by atoms with van der Waals surface area (Å²) in [4.78, 5) is 12.0. The van der Waals surface area contributed by atoms with Crippen LogP contribution in [0.25, 0.3) is 6.08 Å². The predicted octanol–water partition coefficient (Wildman–Crippen LogP) is 4.19. The van der Waals surface area contributed by atoms with Crippen molar-refractivity contribution in [3.05, 3.63) is 65.7 Å². The lowest BCUT2D eigenvalue weighted by atomic mass is 10.1. The summed E-state index contributed by atoms with van der Waals surface area (Å²) < 4.78 is 34.0. The van der Waals surface area contributed by atoms with Crippen molar-refractivity contribution < 1.29 is 23.0 Å². The number of carbonyl (C=O) groups excluding carboxylic acids is 1. The molecule has 0 radical (unpaired) electrons. The Morgan fingerprint density at radius 2 is 1.77 bits per heavy atom. The van der Waals surface area contributed by atoms with Crippen LogP contribution in [0.2, 0.25) is 0 Å². The lowest BCUT2D eigenvalue weighted by Crippen LogP contribution is -2.03. The number of hydrogen-bond donors (Lipinski definition) is 0. The Hall–Kier alpha value is -2.69. The Labute approximate surface area is 126 Å². The number of rotatable bonds is 6. The van der Waals surface area contributed by atoms with Crippen LogP contribution < -0.4 is 9.47 Å². The molecule has 3 nitrogen and oxygen atoms in total. The van der Waals surface area contributed by atoms with Crippen LogP contribution in [0.15, 0.2) is 54.6 Å². The third kappa shape index (κ3) is 4.15. The average Bonchev–Trinajstić information content (AvgIpc) is 2.53. The molecule has 2 rings (SSSR count). The Bertz CT molecular complexity index is 664. The second-order valence-corrected chi connectivity index (χ2v) is 4.34. The van der Waals surface area contributed by atoms with E-state index in [4.69, 9.17) is 4.74 Å². The maximum atomic E-state index is 12.3. The number of hydrogen-bond acceptors (Lipinski definition) is 3. The second-order valence-electron chi connectivity index (χ2n) is 4.34. The normalized spacial score (nSPS) is 10.9. The molecule has 0 aromatic heterocycles. The van der Waals surface area contributed by atoms with Crippen LogP contribution in [0, 0.1) is 0 Å². The molecule has 0 aliphatic rings. The molecular weight excluding hydrogens is 290 g/mol. The molecule has 0 aliphatic carbocycles. The topological polar surface area (TPSA) is 35.5 Å². The van der Waals surface area contributed by atoms with Gasteiger partial charge in [0.25, 0.3) is 0 Å². The standard InChI is InChI=1S/C17H14F2O3/c1-21-14-9-6-12(7-10-14)15(20)11-8-13-4-2-3-5-16(13)22-17(18)19/h2-11,17H,1H3. The summed E-state index contributed by atoms with van der Waals surface area (Å²) in [5.74, 6) is 0.432. The van der Waals surface area contributed by atoms with Gasteiger partial charge >= 0.3 is 6.61 Å². The number of benzene rings is 2. The number of carbonyl (C=O) groups is 1. The van der Waals surface area contributed by atoms with Crippen LogP contribution in [0.3, 0.4) is 0 Å². The van der Waals surface area contributed by atoms with Crippen LogP contribution in [0.1, 0.15) is 15.9 Å². The molecule has 0 bridgehead atoms. The molecule has 0 fully saturated rings. The molecule has 0 aliphatic heterocycles. The largest absolute Gasteiger partial charge is 0.497 e. The van der Waals surface area contributed by atoms with Gasteiger partial charge in [-0.05, 0) is 42.5 Å². The van der Waals surface area contributed by atoms with Gasteiger partial charge in [-0.25, -0.2) is 0 Å². The second kappa shape index (κ2) is 7.36. The summed E-state index contributed by atoms with van der Waals surface area (Å²) in [7, 11) is 1.54. The van der Waals surface area contributed by atoms with Crippen LogP contribution in [0.4, 0.5) is 8.78 Å². The molecule has 114 valence electrons. The first-order valence-electron chi connectivity index (χ1n) is 6.50. The van der Waals surface area contributed by atoms with Crippen LogP contribution >= 0.6 is 0 Å². The van der Waals surface area contributed by atoms with Crippen molar-refractivity contribution in [2.45, 2.75) is 6.61 Å². The zero-order valence-corrected chi connectivity index (χ0v) is 11.8. The van der Waals surface area contributed by atoms with E-state index in [9.17, 15) is 13.6 Å². The first-order valence-corrected chi connectivity index (χ1v) is 6.50. The summed E-state index contributed by atoms with van der Waals surface area (Å²) in [5.41, 5.74) is 0.883. The molecule has 0 unspecified atom stereocenters. The number of alkyl halides is 2. The zero-order chi connectivity index (χ0) is 15.9. The van der Waals surface area contributed by atoms with Gasteiger partial charge in [-0.15, -0.1) is 0 Å². The molecule has 0 saturated carbocycles. The highest BCUT2D eigenvalue weighted by molar-refractivity contribution is 6.07.